The van der Waals surface area contributed by atoms with Crippen LogP contribution in [0.1, 0.15) is 44.2 Å². The van der Waals surface area contributed by atoms with E-state index in [1.165, 1.54) is 0 Å². The van der Waals surface area contributed by atoms with Gasteiger partial charge in [0.05, 0.1) is 12.6 Å². The Kier molecular flexibility index (Phi) is 4.97. The predicted octanol–water partition coefficient (Wildman–Crippen LogP) is 2.66. The number of hydrogen-bond donors (Lipinski definition) is 2. The molecule has 1 aliphatic carbocycles. The Labute approximate surface area is 115 Å². The van der Waals surface area contributed by atoms with E-state index in [1.54, 1.807) is 0 Å². The highest BCUT2D eigenvalue weighted by molar-refractivity contribution is 5.79. The second kappa shape index (κ2) is 6.71. The third kappa shape index (κ3) is 3.80. The number of benzene rings is 1. The number of nitrogens with one attached hydrogen (secondary N) is 1. The normalized spacial score (nSPS) is 24.7. The van der Waals surface area contributed by atoms with Crippen molar-refractivity contribution in [2.45, 2.75) is 38.6 Å². The van der Waals surface area contributed by atoms with Crippen LogP contribution in [-0.4, -0.2) is 17.6 Å². The summed E-state index contributed by atoms with van der Waals surface area (Å²) in [5, 5.41) is 12.4. The number of aliphatic hydroxyl groups is 1. The SMILES string of the molecule is CC1CCC(C(=O)NC(CO)c2ccccc2)CC1. The lowest BCUT2D eigenvalue weighted by Gasteiger charge is -2.27. The van der Waals surface area contributed by atoms with Crippen LogP contribution in [0.4, 0.5) is 0 Å². The summed E-state index contributed by atoms with van der Waals surface area (Å²) in [5.74, 6) is 0.954. The molecule has 1 fully saturated rings. The van der Waals surface area contributed by atoms with Crippen molar-refractivity contribution in [3.8, 4) is 0 Å². The molecule has 1 aromatic rings. The predicted molar refractivity (Wildman–Crippen MR) is 75.5 cm³/mol. The summed E-state index contributed by atoms with van der Waals surface area (Å²) in [5.41, 5.74) is 0.961. The fraction of sp³-hybridized carbons (Fsp3) is 0.562. The maximum absolute atomic E-state index is 12.2. The smallest absolute Gasteiger partial charge is 0.223 e. The molecule has 1 atom stereocenters. The summed E-state index contributed by atoms with van der Waals surface area (Å²) in [6.07, 6.45) is 4.21. The van der Waals surface area contributed by atoms with Gasteiger partial charge in [0.25, 0.3) is 0 Å². The van der Waals surface area contributed by atoms with Crippen molar-refractivity contribution in [2.24, 2.45) is 11.8 Å². The molecule has 2 rings (SSSR count). The molecule has 1 amide bonds. The molecule has 1 aliphatic rings. The first-order valence-corrected chi connectivity index (χ1v) is 7.17. The van der Waals surface area contributed by atoms with Crippen LogP contribution in [0, 0.1) is 11.8 Å². The minimum absolute atomic E-state index is 0.0567. The van der Waals surface area contributed by atoms with Crippen molar-refractivity contribution in [3.63, 3.8) is 0 Å². The summed E-state index contributed by atoms with van der Waals surface area (Å²) >= 11 is 0. The standard InChI is InChI=1S/C16H23NO2/c1-12-7-9-14(10-8-12)16(19)17-15(11-18)13-5-3-2-4-6-13/h2-6,12,14-15,18H,7-11H2,1H3,(H,17,19). The lowest BCUT2D eigenvalue weighted by atomic mass is 9.82. The number of aliphatic hydroxyl groups excluding tert-OH is 1. The Bertz CT molecular complexity index is 396. The monoisotopic (exact) mass is 261 g/mol. The Morgan fingerprint density at radius 1 is 1.26 bits per heavy atom. The van der Waals surface area contributed by atoms with E-state index in [0.717, 1.165) is 37.2 Å². The number of carbonyl (C=O) groups is 1. The highest BCUT2D eigenvalue weighted by Crippen LogP contribution is 2.28. The fourth-order valence-electron chi connectivity index (χ4n) is 2.73. The lowest BCUT2D eigenvalue weighted by molar-refractivity contribution is -0.127. The zero-order chi connectivity index (χ0) is 13.7. The molecule has 1 aromatic carbocycles. The summed E-state index contributed by atoms with van der Waals surface area (Å²) < 4.78 is 0. The van der Waals surface area contributed by atoms with Crippen LogP contribution < -0.4 is 5.32 Å². The highest BCUT2D eigenvalue weighted by atomic mass is 16.3. The zero-order valence-corrected chi connectivity index (χ0v) is 11.5. The van der Waals surface area contributed by atoms with Crippen LogP contribution in [-0.2, 0) is 4.79 Å². The first-order chi connectivity index (χ1) is 9.20. The van der Waals surface area contributed by atoms with E-state index in [0.29, 0.717) is 0 Å². The summed E-state index contributed by atoms with van der Waals surface area (Å²) in [7, 11) is 0. The van der Waals surface area contributed by atoms with Crippen LogP contribution >= 0.6 is 0 Å². The van der Waals surface area contributed by atoms with Crippen molar-refractivity contribution < 1.29 is 9.90 Å². The van der Waals surface area contributed by atoms with Gasteiger partial charge in [0.1, 0.15) is 0 Å². The van der Waals surface area contributed by atoms with Gasteiger partial charge < -0.3 is 10.4 Å². The van der Waals surface area contributed by atoms with E-state index in [9.17, 15) is 9.90 Å². The molecule has 0 bridgehead atoms. The number of amides is 1. The summed E-state index contributed by atoms with van der Waals surface area (Å²) in [4.78, 5) is 12.2. The molecule has 104 valence electrons. The van der Waals surface area contributed by atoms with Gasteiger partial charge in [-0.15, -0.1) is 0 Å². The maximum Gasteiger partial charge on any atom is 0.223 e. The molecular formula is C16H23NO2. The molecule has 0 radical (unpaired) electrons. The topological polar surface area (TPSA) is 49.3 Å². The third-order valence-corrected chi connectivity index (χ3v) is 4.09. The van der Waals surface area contributed by atoms with E-state index in [1.807, 2.05) is 30.3 Å². The van der Waals surface area contributed by atoms with Crippen LogP contribution in [0.25, 0.3) is 0 Å². The number of rotatable bonds is 4. The quantitative estimate of drug-likeness (QED) is 0.875. The number of carbonyl (C=O) groups excluding carboxylic acids is 1. The van der Waals surface area contributed by atoms with Gasteiger partial charge in [0.2, 0.25) is 5.91 Å². The first kappa shape index (κ1) is 14.1. The number of hydrogen-bond acceptors (Lipinski definition) is 2. The van der Waals surface area contributed by atoms with E-state index in [2.05, 4.69) is 12.2 Å². The van der Waals surface area contributed by atoms with Crippen molar-refractivity contribution in [1.29, 1.82) is 0 Å². The van der Waals surface area contributed by atoms with Gasteiger partial charge in [0.15, 0.2) is 0 Å². The fourth-order valence-corrected chi connectivity index (χ4v) is 2.73. The van der Waals surface area contributed by atoms with Crippen molar-refractivity contribution in [3.05, 3.63) is 35.9 Å². The molecule has 2 N–H and O–H groups in total. The van der Waals surface area contributed by atoms with Gasteiger partial charge in [0, 0.05) is 5.92 Å². The Balaban J connectivity index is 1.93. The van der Waals surface area contributed by atoms with Crippen LogP contribution in [0.5, 0.6) is 0 Å². The molecule has 0 aromatic heterocycles. The van der Waals surface area contributed by atoms with E-state index >= 15 is 0 Å². The van der Waals surface area contributed by atoms with Crippen LogP contribution in [0.15, 0.2) is 30.3 Å². The Morgan fingerprint density at radius 2 is 1.89 bits per heavy atom. The highest BCUT2D eigenvalue weighted by Gasteiger charge is 2.26. The molecule has 0 heterocycles. The second-order valence-corrected chi connectivity index (χ2v) is 5.61. The zero-order valence-electron chi connectivity index (χ0n) is 11.5. The van der Waals surface area contributed by atoms with Gasteiger partial charge >= 0.3 is 0 Å². The molecule has 3 nitrogen and oxygen atoms in total. The maximum atomic E-state index is 12.2. The van der Waals surface area contributed by atoms with Gasteiger partial charge in [-0.3, -0.25) is 4.79 Å². The molecular weight excluding hydrogens is 238 g/mol. The molecule has 1 saturated carbocycles. The minimum Gasteiger partial charge on any atom is -0.394 e. The molecule has 0 saturated heterocycles. The molecule has 0 spiro atoms. The minimum atomic E-state index is -0.284. The summed E-state index contributed by atoms with van der Waals surface area (Å²) in [6.45, 7) is 2.19. The largest absolute Gasteiger partial charge is 0.394 e. The van der Waals surface area contributed by atoms with Gasteiger partial charge in [-0.2, -0.15) is 0 Å². The van der Waals surface area contributed by atoms with Gasteiger partial charge in [-0.25, -0.2) is 0 Å². The lowest BCUT2D eigenvalue weighted by Crippen LogP contribution is -2.37. The third-order valence-electron chi connectivity index (χ3n) is 4.09. The average Bonchev–Trinajstić information content (AvgIpc) is 2.46. The van der Waals surface area contributed by atoms with E-state index < -0.39 is 0 Å². The van der Waals surface area contributed by atoms with Crippen molar-refractivity contribution >= 4 is 5.91 Å². The molecule has 1 unspecified atom stereocenters. The van der Waals surface area contributed by atoms with Crippen LogP contribution in [0.3, 0.4) is 0 Å². The van der Waals surface area contributed by atoms with Crippen molar-refractivity contribution in [1.82, 2.24) is 5.32 Å². The second-order valence-electron chi connectivity index (χ2n) is 5.61. The average molecular weight is 261 g/mol. The Morgan fingerprint density at radius 3 is 2.47 bits per heavy atom. The molecule has 19 heavy (non-hydrogen) atoms. The molecule has 3 heteroatoms. The molecule has 0 aliphatic heterocycles. The van der Waals surface area contributed by atoms with Gasteiger partial charge in [-0.1, -0.05) is 37.3 Å². The van der Waals surface area contributed by atoms with Crippen molar-refractivity contribution in [2.75, 3.05) is 6.61 Å². The van der Waals surface area contributed by atoms with E-state index in [4.69, 9.17) is 0 Å². The van der Waals surface area contributed by atoms with Gasteiger partial charge in [-0.05, 0) is 37.2 Å². The van der Waals surface area contributed by atoms with Crippen LogP contribution in [0.2, 0.25) is 0 Å². The van der Waals surface area contributed by atoms with E-state index in [-0.39, 0.29) is 24.5 Å². The first-order valence-electron chi connectivity index (χ1n) is 7.17. The summed E-state index contributed by atoms with van der Waals surface area (Å²) in [6, 6.07) is 9.36. The Hall–Kier alpha value is -1.35.